The summed E-state index contributed by atoms with van der Waals surface area (Å²) in [6.07, 6.45) is 3.93. The predicted molar refractivity (Wildman–Crippen MR) is 105 cm³/mol. The van der Waals surface area contributed by atoms with Crippen molar-refractivity contribution in [3.05, 3.63) is 82.8 Å². The third kappa shape index (κ3) is 2.99. The molecular weight excluding hydrogens is 338 g/mol. The van der Waals surface area contributed by atoms with Crippen molar-refractivity contribution >= 4 is 17.0 Å². The Kier molecular flexibility index (Phi) is 3.74. The average Bonchev–Trinajstić information content (AvgIpc) is 3.46. The number of aromatic nitrogens is 4. The maximum absolute atomic E-state index is 12.6. The molecule has 134 valence electrons. The third-order valence-corrected chi connectivity index (χ3v) is 4.98. The van der Waals surface area contributed by atoms with E-state index in [0.717, 1.165) is 5.69 Å². The van der Waals surface area contributed by atoms with E-state index in [2.05, 4.69) is 32.5 Å². The van der Waals surface area contributed by atoms with E-state index in [1.165, 1.54) is 18.4 Å². The van der Waals surface area contributed by atoms with Crippen LogP contribution in [0, 0.1) is 5.92 Å². The van der Waals surface area contributed by atoms with Gasteiger partial charge in [-0.25, -0.2) is 4.68 Å². The molecule has 6 heteroatoms. The fraction of sp³-hybridized carbons (Fsp3) is 0.190. The maximum Gasteiger partial charge on any atom is 0.263 e. The molecule has 2 N–H and O–H groups in total. The minimum atomic E-state index is -0.188. The van der Waals surface area contributed by atoms with Gasteiger partial charge in [0.1, 0.15) is 5.39 Å². The van der Waals surface area contributed by atoms with Crippen molar-refractivity contribution in [1.29, 1.82) is 0 Å². The minimum Gasteiger partial charge on any atom is -0.349 e. The first-order chi connectivity index (χ1) is 13.3. The number of hydrogen-bond acceptors (Lipinski definition) is 4. The van der Waals surface area contributed by atoms with Gasteiger partial charge in [0.15, 0.2) is 5.65 Å². The molecule has 2 heterocycles. The molecule has 0 saturated heterocycles. The van der Waals surface area contributed by atoms with Gasteiger partial charge in [0, 0.05) is 0 Å². The molecule has 0 aliphatic heterocycles. The van der Waals surface area contributed by atoms with E-state index < -0.39 is 0 Å². The zero-order valence-electron chi connectivity index (χ0n) is 14.7. The molecule has 6 nitrogen and oxygen atoms in total. The quantitative estimate of drug-likeness (QED) is 0.571. The highest BCUT2D eigenvalue weighted by molar-refractivity contribution is 5.76. The van der Waals surface area contributed by atoms with Crippen molar-refractivity contribution < 1.29 is 0 Å². The van der Waals surface area contributed by atoms with Gasteiger partial charge in [-0.1, -0.05) is 48.5 Å². The standard InChI is InChI=1S/C21H19N5O/c27-20-17-13-22-26(16-9-5-2-6-10-16)19(17)24-21(25-20)23-18(15-11-12-15)14-7-3-1-4-8-14/h1-10,13,15,18H,11-12H2,(H2,23,24,25,27). The number of anilines is 1. The minimum absolute atomic E-state index is 0.139. The Hall–Kier alpha value is -3.41. The van der Waals surface area contributed by atoms with Crippen molar-refractivity contribution in [3.63, 3.8) is 0 Å². The third-order valence-electron chi connectivity index (χ3n) is 4.98. The smallest absolute Gasteiger partial charge is 0.263 e. The van der Waals surface area contributed by atoms with Gasteiger partial charge in [-0.05, 0) is 36.5 Å². The van der Waals surface area contributed by atoms with Crippen LogP contribution in [0.3, 0.4) is 0 Å². The summed E-state index contributed by atoms with van der Waals surface area (Å²) < 4.78 is 1.70. The highest BCUT2D eigenvalue weighted by Gasteiger charge is 2.32. The van der Waals surface area contributed by atoms with Crippen LogP contribution in [-0.4, -0.2) is 19.7 Å². The second kappa shape index (κ2) is 6.39. The Morgan fingerprint density at radius 2 is 1.74 bits per heavy atom. The molecule has 2 aromatic heterocycles. The van der Waals surface area contributed by atoms with E-state index in [4.69, 9.17) is 0 Å². The first-order valence-electron chi connectivity index (χ1n) is 9.14. The average molecular weight is 357 g/mol. The topological polar surface area (TPSA) is 75.6 Å². The van der Waals surface area contributed by atoms with Gasteiger partial charge in [0.05, 0.1) is 17.9 Å². The summed E-state index contributed by atoms with van der Waals surface area (Å²) >= 11 is 0. The molecule has 1 unspecified atom stereocenters. The Balaban J connectivity index is 1.56. The number of fused-ring (bicyclic) bond motifs is 1. The summed E-state index contributed by atoms with van der Waals surface area (Å²) in [5, 5.41) is 8.29. The van der Waals surface area contributed by atoms with Gasteiger partial charge in [0.2, 0.25) is 5.95 Å². The van der Waals surface area contributed by atoms with Crippen LogP contribution in [-0.2, 0) is 0 Å². The van der Waals surface area contributed by atoms with Crippen LogP contribution in [0.2, 0.25) is 0 Å². The molecule has 0 bridgehead atoms. The SMILES string of the molecule is O=c1[nH]c(NC(c2ccccc2)C2CC2)nc2c1cnn2-c1ccccc1. The maximum atomic E-state index is 12.6. The normalized spacial score (nSPS) is 15.0. The van der Waals surface area contributed by atoms with Crippen molar-refractivity contribution in [1.82, 2.24) is 19.7 Å². The van der Waals surface area contributed by atoms with E-state index in [-0.39, 0.29) is 11.6 Å². The molecule has 0 amide bonds. The number of benzene rings is 2. The molecule has 0 spiro atoms. The van der Waals surface area contributed by atoms with E-state index in [9.17, 15) is 4.79 Å². The lowest BCUT2D eigenvalue weighted by Gasteiger charge is -2.19. The van der Waals surface area contributed by atoms with E-state index in [1.54, 1.807) is 10.9 Å². The number of rotatable bonds is 5. The number of nitrogens with zero attached hydrogens (tertiary/aromatic N) is 3. The zero-order chi connectivity index (χ0) is 18.2. The van der Waals surface area contributed by atoms with Crippen molar-refractivity contribution in [3.8, 4) is 5.69 Å². The van der Waals surface area contributed by atoms with Crippen LogP contribution < -0.4 is 10.9 Å². The van der Waals surface area contributed by atoms with Gasteiger partial charge in [-0.3, -0.25) is 9.78 Å². The lowest BCUT2D eigenvalue weighted by atomic mass is 10.0. The fourth-order valence-corrected chi connectivity index (χ4v) is 3.46. The first kappa shape index (κ1) is 15.8. The largest absolute Gasteiger partial charge is 0.349 e. The van der Waals surface area contributed by atoms with Gasteiger partial charge in [-0.15, -0.1) is 0 Å². The summed E-state index contributed by atoms with van der Waals surface area (Å²) in [6, 6.07) is 20.2. The van der Waals surface area contributed by atoms with Crippen LogP contribution in [0.1, 0.15) is 24.4 Å². The highest BCUT2D eigenvalue weighted by Crippen LogP contribution is 2.42. The monoisotopic (exact) mass is 357 g/mol. The van der Waals surface area contributed by atoms with Crippen molar-refractivity contribution in [2.24, 2.45) is 5.92 Å². The molecule has 1 aliphatic rings. The molecule has 2 aromatic carbocycles. The van der Waals surface area contributed by atoms with Crippen LogP contribution in [0.4, 0.5) is 5.95 Å². The lowest BCUT2D eigenvalue weighted by molar-refractivity contribution is 0.671. The van der Waals surface area contributed by atoms with Gasteiger partial charge >= 0.3 is 0 Å². The summed E-state index contributed by atoms with van der Waals surface area (Å²) in [4.78, 5) is 20.1. The number of aromatic amines is 1. The van der Waals surface area contributed by atoms with Crippen molar-refractivity contribution in [2.45, 2.75) is 18.9 Å². The summed E-state index contributed by atoms with van der Waals surface area (Å²) in [5.74, 6) is 1.04. The van der Waals surface area contributed by atoms with Gasteiger partial charge in [0.25, 0.3) is 5.56 Å². The first-order valence-corrected chi connectivity index (χ1v) is 9.14. The molecule has 1 saturated carbocycles. The van der Waals surface area contributed by atoms with Crippen LogP contribution in [0.5, 0.6) is 0 Å². The Labute approximate surface area is 155 Å². The number of para-hydroxylation sites is 1. The molecule has 1 aliphatic carbocycles. The second-order valence-corrected chi connectivity index (χ2v) is 6.91. The molecule has 5 rings (SSSR count). The predicted octanol–water partition coefficient (Wildman–Crippen LogP) is 3.67. The number of hydrogen-bond donors (Lipinski definition) is 2. The van der Waals surface area contributed by atoms with Gasteiger partial charge in [-0.2, -0.15) is 10.1 Å². The van der Waals surface area contributed by atoms with E-state index >= 15 is 0 Å². The van der Waals surface area contributed by atoms with E-state index in [0.29, 0.717) is 22.9 Å². The number of nitrogens with one attached hydrogen (secondary N) is 2. The molecule has 4 aromatic rings. The van der Waals surface area contributed by atoms with Crippen LogP contribution >= 0.6 is 0 Å². The molecule has 0 radical (unpaired) electrons. The summed E-state index contributed by atoms with van der Waals surface area (Å²) in [7, 11) is 0. The highest BCUT2D eigenvalue weighted by atomic mass is 16.1. The zero-order valence-corrected chi connectivity index (χ0v) is 14.7. The molecular formula is C21H19N5O. The molecule has 27 heavy (non-hydrogen) atoms. The Morgan fingerprint density at radius 1 is 1.04 bits per heavy atom. The molecule has 1 fully saturated rings. The van der Waals surface area contributed by atoms with Gasteiger partial charge < -0.3 is 5.32 Å². The van der Waals surface area contributed by atoms with Crippen LogP contribution in [0.25, 0.3) is 16.7 Å². The second-order valence-electron chi connectivity index (χ2n) is 6.91. The Bertz CT molecular complexity index is 1130. The van der Waals surface area contributed by atoms with Crippen LogP contribution in [0.15, 0.2) is 71.7 Å². The molecule has 1 atom stereocenters. The Morgan fingerprint density at radius 3 is 2.44 bits per heavy atom. The summed E-state index contributed by atoms with van der Waals surface area (Å²) in [5.41, 5.74) is 2.44. The number of H-pyrrole nitrogens is 1. The van der Waals surface area contributed by atoms with Crippen molar-refractivity contribution in [2.75, 3.05) is 5.32 Å². The fourth-order valence-electron chi connectivity index (χ4n) is 3.46. The summed E-state index contributed by atoms with van der Waals surface area (Å²) in [6.45, 7) is 0. The lowest BCUT2D eigenvalue weighted by Crippen LogP contribution is -2.19. The van der Waals surface area contributed by atoms with E-state index in [1.807, 2.05) is 48.5 Å².